The Balaban J connectivity index is 2.39. The Labute approximate surface area is 108 Å². The molecule has 4 N–H and O–H groups in total. The van der Waals surface area contributed by atoms with E-state index in [4.69, 9.17) is 15.6 Å². The van der Waals surface area contributed by atoms with Crippen LogP contribution in [-0.2, 0) is 16.1 Å². The average molecular weight is 273 g/mol. The van der Waals surface area contributed by atoms with Crippen LogP contribution in [0.4, 0.5) is 0 Å². The van der Waals surface area contributed by atoms with E-state index in [0.717, 1.165) is 0 Å². The van der Waals surface area contributed by atoms with Gasteiger partial charge in [0.1, 0.15) is 5.01 Å². The lowest BCUT2D eigenvalue weighted by atomic mass is 10.2. The van der Waals surface area contributed by atoms with Gasteiger partial charge in [0, 0.05) is 19.1 Å². The number of carboxylic acids is 1. The molecule has 0 saturated heterocycles. The summed E-state index contributed by atoms with van der Waals surface area (Å²) in [4.78, 5) is 26.0. The van der Waals surface area contributed by atoms with E-state index in [1.807, 2.05) is 0 Å². The minimum atomic E-state index is -1.08. The van der Waals surface area contributed by atoms with Gasteiger partial charge in [0.2, 0.25) is 5.91 Å². The fourth-order valence-corrected chi connectivity index (χ4v) is 1.87. The Bertz CT molecular complexity index is 421. The Kier molecular flexibility index (Phi) is 5.69. The standard InChI is InChI=1S/C10H15N3O4S/c1-17-3-2-6(11)9(14)12-4-8-13-7(5-18-8)10(15)16/h5-6H,2-4,11H2,1H3,(H,12,14)(H,15,16). The molecule has 0 bridgehead atoms. The lowest BCUT2D eigenvalue weighted by Crippen LogP contribution is -2.40. The highest BCUT2D eigenvalue weighted by molar-refractivity contribution is 7.09. The molecule has 7 nitrogen and oxygen atoms in total. The molecular formula is C10H15N3O4S. The van der Waals surface area contributed by atoms with E-state index in [9.17, 15) is 9.59 Å². The predicted molar refractivity (Wildman–Crippen MR) is 65.4 cm³/mol. The molecule has 0 saturated carbocycles. The summed E-state index contributed by atoms with van der Waals surface area (Å²) in [6.07, 6.45) is 0.431. The van der Waals surface area contributed by atoms with Crippen LogP contribution in [-0.4, -0.2) is 41.7 Å². The first-order valence-electron chi connectivity index (χ1n) is 5.24. The zero-order valence-corrected chi connectivity index (χ0v) is 10.7. The topological polar surface area (TPSA) is 115 Å². The molecule has 0 aliphatic heterocycles. The number of nitrogens with one attached hydrogen (secondary N) is 1. The van der Waals surface area contributed by atoms with Crippen molar-refractivity contribution in [3.8, 4) is 0 Å². The normalized spacial score (nSPS) is 12.1. The van der Waals surface area contributed by atoms with Crippen molar-refractivity contribution >= 4 is 23.2 Å². The van der Waals surface area contributed by atoms with E-state index in [0.29, 0.717) is 18.0 Å². The van der Waals surface area contributed by atoms with Crippen LogP contribution < -0.4 is 11.1 Å². The van der Waals surface area contributed by atoms with Crippen molar-refractivity contribution < 1.29 is 19.4 Å². The first-order chi connectivity index (χ1) is 8.54. The molecule has 1 unspecified atom stereocenters. The molecular weight excluding hydrogens is 258 g/mol. The maximum atomic E-state index is 11.5. The van der Waals surface area contributed by atoms with Gasteiger partial charge in [0.05, 0.1) is 12.6 Å². The lowest BCUT2D eigenvalue weighted by molar-refractivity contribution is -0.122. The van der Waals surface area contributed by atoms with Crippen LogP contribution in [0.1, 0.15) is 21.9 Å². The van der Waals surface area contributed by atoms with Crippen molar-refractivity contribution in [1.82, 2.24) is 10.3 Å². The molecule has 1 amide bonds. The minimum absolute atomic E-state index is 0.0204. The lowest BCUT2D eigenvalue weighted by Gasteiger charge is -2.10. The monoisotopic (exact) mass is 273 g/mol. The summed E-state index contributed by atoms with van der Waals surface area (Å²) in [5, 5.41) is 13.2. The van der Waals surface area contributed by atoms with E-state index in [1.54, 1.807) is 0 Å². The number of amides is 1. The molecule has 1 heterocycles. The number of hydrogen-bond donors (Lipinski definition) is 3. The Morgan fingerprint density at radius 3 is 2.94 bits per heavy atom. The number of carbonyl (C=O) groups is 2. The minimum Gasteiger partial charge on any atom is -0.476 e. The predicted octanol–water partition coefficient (Wildman–Crippen LogP) is -0.179. The highest BCUT2D eigenvalue weighted by Crippen LogP contribution is 2.09. The number of aromatic carboxylic acids is 1. The largest absolute Gasteiger partial charge is 0.476 e. The fourth-order valence-electron chi connectivity index (χ4n) is 1.16. The zero-order chi connectivity index (χ0) is 13.5. The Morgan fingerprint density at radius 2 is 2.39 bits per heavy atom. The summed E-state index contributed by atoms with van der Waals surface area (Å²) in [6, 6.07) is -0.635. The third-order valence-electron chi connectivity index (χ3n) is 2.15. The Hall–Kier alpha value is -1.51. The number of carbonyl (C=O) groups excluding carboxylic acids is 1. The first kappa shape index (κ1) is 14.6. The van der Waals surface area contributed by atoms with Crippen LogP contribution in [0.3, 0.4) is 0 Å². The molecule has 1 rings (SSSR count). The molecule has 1 atom stereocenters. The third-order valence-corrected chi connectivity index (χ3v) is 3.00. The summed E-state index contributed by atoms with van der Waals surface area (Å²) in [6.45, 7) is 0.590. The number of ether oxygens (including phenoxy) is 1. The van der Waals surface area contributed by atoms with Gasteiger partial charge in [-0.3, -0.25) is 4.79 Å². The molecule has 18 heavy (non-hydrogen) atoms. The van der Waals surface area contributed by atoms with Gasteiger partial charge in [0.25, 0.3) is 0 Å². The van der Waals surface area contributed by atoms with E-state index in [1.165, 1.54) is 23.8 Å². The third kappa shape index (κ3) is 4.40. The quantitative estimate of drug-likeness (QED) is 0.635. The van der Waals surface area contributed by atoms with Crippen LogP contribution in [0.2, 0.25) is 0 Å². The number of carboxylic acid groups (broad SMARTS) is 1. The van der Waals surface area contributed by atoms with E-state index >= 15 is 0 Å². The molecule has 0 fully saturated rings. The van der Waals surface area contributed by atoms with Gasteiger partial charge in [-0.1, -0.05) is 0 Å². The van der Waals surface area contributed by atoms with Gasteiger partial charge >= 0.3 is 5.97 Å². The van der Waals surface area contributed by atoms with Crippen LogP contribution in [0.25, 0.3) is 0 Å². The average Bonchev–Trinajstić information content (AvgIpc) is 2.81. The maximum absolute atomic E-state index is 11.5. The van der Waals surface area contributed by atoms with Crippen LogP contribution in [0, 0.1) is 0 Å². The smallest absolute Gasteiger partial charge is 0.355 e. The van der Waals surface area contributed by atoms with Crippen molar-refractivity contribution in [3.05, 3.63) is 16.1 Å². The van der Waals surface area contributed by atoms with E-state index in [-0.39, 0.29) is 18.1 Å². The summed E-state index contributed by atoms with van der Waals surface area (Å²) >= 11 is 1.18. The molecule has 100 valence electrons. The summed E-state index contributed by atoms with van der Waals surface area (Å²) in [5.74, 6) is -1.39. The van der Waals surface area contributed by atoms with E-state index in [2.05, 4.69) is 10.3 Å². The number of nitrogens with two attached hydrogens (primary N) is 1. The SMILES string of the molecule is COCCC(N)C(=O)NCc1nc(C(=O)O)cs1. The maximum Gasteiger partial charge on any atom is 0.355 e. The second kappa shape index (κ2) is 7.04. The molecule has 1 aromatic rings. The van der Waals surface area contributed by atoms with Crippen molar-refractivity contribution in [3.63, 3.8) is 0 Å². The highest BCUT2D eigenvalue weighted by atomic mass is 32.1. The van der Waals surface area contributed by atoms with Crippen LogP contribution in [0.5, 0.6) is 0 Å². The zero-order valence-electron chi connectivity index (χ0n) is 9.88. The number of nitrogens with zero attached hydrogens (tertiary/aromatic N) is 1. The number of aromatic nitrogens is 1. The molecule has 0 spiro atoms. The number of rotatable bonds is 7. The van der Waals surface area contributed by atoms with E-state index < -0.39 is 12.0 Å². The molecule has 0 radical (unpaired) electrons. The second-order valence-electron chi connectivity index (χ2n) is 3.54. The number of thiazole rings is 1. The fraction of sp³-hybridized carbons (Fsp3) is 0.500. The molecule has 0 aliphatic carbocycles. The van der Waals surface area contributed by atoms with Gasteiger partial charge < -0.3 is 20.9 Å². The van der Waals surface area contributed by atoms with Gasteiger partial charge in [-0.05, 0) is 6.42 Å². The summed E-state index contributed by atoms with van der Waals surface area (Å²) in [7, 11) is 1.54. The van der Waals surface area contributed by atoms with Crippen LogP contribution >= 0.6 is 11.3 Å². The second-order valence-corrected chi connectivity index (χ2v) is 4.48. The molecule has 1 aromatic heterocycles. The van der Waals surface area contributed by atoms with Gasteiger partial charge in [0.15, 0.2) is 5.69 Å². The van der Waals surface area contributed by atoms with Crippen molar-refractivity contribution in [2.24, 2.45) is 5.73 Å². The van der Waals surface area contributed by atoms with Crippen molar-refractivity contribution in [1.29, 1.82) is 0 Å². The summed E-state index contributed by atoms with van der Waals surface area (Å²) in [5.41, 5.74) is 5.60. The van der Waals surface area contributed by atoms with Crippen molar-refractivity contribution in [2.75, 3.05) is 13.7 Å². The molecule has 0 aromatic carbocycles. The molecule has 0 aliphatic rings. The van der Waals surface area contributed by atoms with Gasteiger partial charge in [-0.15, -0.1) is 11.3 Å². The number of hydrogen-bond acceptors (Lipinski definition) is 6. The first-order valence-corrected chi connectivity index (χ1v) is 6.12. The highest BCUT2D eigenvalue weighted by Gasteiger charge is 2.14. The van der Waals surface area contributed by atoms with Crippen LogP contribution in [0.15, 0.2) is 5.38 Å². The summed E-state index contributed by atoms with van der Waals surface area (Å²) < 4.78 is 4.82. The van der Waals surface area contributed by atoms with Crippen molar-refractivity contribution in [2.45, 2.75) is 19.0 Å². The van der Waals surface area contributed by atoms with Gasteiger partial charge in [-0.25, -0.2) is 9.78 Å². The molecule has 8 heteroatoms. The van der Waals surface area contributed by atoms with Gasteiger partial charge in [-0.2, -0.15) is 0 Å². The Morgan fingerprint density at radius 1 is 1.67 bits per heavy atom. The number of methoxy groups -OCH3 is 1.